The number of nitrogens with one attached hydrogen (secondary N) is 2. The predicted molar refractivity (Wildman–Crippen MR) is 121 cm³/mol. The van der Waals surface area contributed by atoms with E-state index in [4.69, 9.17) is 27.9 Å². The maximum Gasteiger partial charge on any atom is 0.310 e. The summed E-state index contributed by atoms with van der Waals surface area (Å²) in [6.45, 7) is 10.0. The summed E-state index contributed by atoms with van der Waals surface area (Å²) in [5, 5.41) is 6.04. The number of anilines is 1. The second-order valence-corrected chi connectivity index (χ2v) is 7.70. The standard InChI is InChI=1S/C22H26Cl2F2N4O/c1-5-15(20-13(2)21(27-4)30-22(26)29-20)8-6-7-11-31-14(3)28-12-16-17(23)9-10-18(24)19(16)25/h5,9-10,15,28H,1,3,6-8,11-12H2,2,4H3,(H,27,29,30). The van der Waals surface area contributed by atoms with Crippen LogP contribution in [-0.4, -0.2) is 23.6 Å². The highest BCUT2D eigenvalue weighted by Crippen LogP contribution is 2.28. The van der Waals surface area contributed by atoms with E-state index in [9.17, 15) is 8.78 Å². The maximum atomic E-state index is 14.0. The molecule has 31 heavy (non-hydrogen) atoms. The van der Waals surface area contributed by atoms with Gasteiger partial charge in [-0.25, -0.2) is 9.37 Å². The van der Waals surface area contributed by atoms with Crippen LogP contribution in [0.3, 0.4) is 0 Å². The molecule has 0 bridgehead atoms. The van der Waals surface area contributed by atoms with Crippen molar-refractivity contribution in [3.63, 3.8) is 0 Å². The zero-order valence-corrected chi connectivity index (χ0v) is 19.1. The van der Waals surface area contributed by atoms with E-state index in [0.29, 0.717) is 24.0 Å². The van der Waals surface area contributed by atoms with Crippen LogP contribution in [0, 0.1) is 18.8 Å². The van der Waals surface area contributed by atoms with Crippen molar-refractivity contribution in [1.82, 2.24) is 15.3 Å². The minimum Gasteiger partial charge on any atom is -0.480 e. The number of hydrogen-bond donors (Lipinski definition) is 2. The third-order valence-corrected chi connectivity index (χ3v) is 5.46. The van der Waals surface area contributed by atoms with Gasteiger partial charge in [-0.15, -0.1) is 6.58 Å². The van der Waals surface area contributed by atoms with Gasteiger partial charge in [0.05, 0.1) is 17.3 Å². The summed E-state index contributed by atoms with van der Waals surface area (Å²) in [4.78, 5) is 7.71. The highest BCUT2D eigenvalue weighted by Gasteiger charge is 2.17. The topological polar surface area (TPSA) is 59.1 Å². The summed E-state index contributed by atoms with van der Waals surface area (Å²) in [5.41, 5.74) is 1.68. The number of halogens is 4. The molecule has 1 aromatic carbocycles. The zero-order chi connectivity index (χ0) is 23.0. The van der Waals surface area contributed by atoms with Crippen LogP contribution >= 0.6 is 23.2 Å². The summed E-state index contributed by atoms with van der Waals surface area (Å²) in [6.07, 6.45) is 3.27. The molecule has 168 valence electrons. The van der Waals surface area contributed by atoms with Crippen molar-refractivity contribution in [2.45, 2.75) is 38.6 Å². The fourth-order valence-electron chi connectivity index (χ4n) is 3.11. The molecule has 0 aliphatic rings. The van der Waals surface area contributed by atoms with Crippen LogP contribution in [0.1, 0.15) is 42.0 Å². The molecule has 0 saturated heterocycles. The minimum atomic E-state index is -0.765. The second kappa shape index (κ2) is 11.9. The van der Waals surface area contributed by atoms with E-state index in [-0.39, 0.29) is 28.1 Å². The van der Waals surface area contributed by atoms with Gasteiger partial charge in [-0.3, -0.25) is 0 Å². The largest absolute Gasteiger partial charge is 0.480 e. The second-order valence-electron chi connectivity index (χ2n) is 6.89. The normalized spacial score (nSPS) is 11.7. The Morgan fingerprint density at radius 3 is 2.61 bits per heavy atom. The monoisotopic (exact) mass is 470 g/mol. The third-order valence-electron chi connectivity index (χ3n) is 4.82. The van der Waals surface area contributed by atoms with Crippen molar-refractivity contribution in [3.05, 3.63) is 76.0 Å². The van der Waals surface area contributed by atoms with Gasteiger partial charge in [0, 0.05) is 35.7 Å². The molecule has 1 heterocycles. The summed E-state index contributed by atoms with van der Waals surface area (Å²) in [7, 11) is 1.69. The number of unbranched alkanes of at least 4 members (excludes halogenated alkanes) is 1. The van der Waals surface area contributed by atoms with Crippen molar-refractivity contribution in [3.8, 4) is 0 Å². The zero-order valence-electron chi connectivity index (χ0n) is 17.6. The Labute approximate surface area is 191 Å². The molecule has 0 fully saturated rings. The molecule has 1 unspecified atom stereocenters. The number of ether oxygens (including phenoxy) is 1. The smallest absolute Gasteiger partial charge is 0.310 e. The lowest BCUT2D eigenvalue weighted by atomic mass is 9.95. The first-order valence-electron chi connectivity index (χ1n) is 9.80. The van der Waals surface area contributed by atoms with E-state index in [2.05, 4.69) is 33.8 Å². The molecule has 9 heteroatoms. The van der Waals surface area contributed by atoms with E-state index in [1.807, 2.05) is 6.92 Å². The molecule has 1 atom stereocenters. The summed E-state index contributed by atoms with van der Waals surface area (Å²) in [6, 6.07) is 2.94. The summed E-state index contributed by atoms with van der Waals surface area (Å²) in [5.74, 6) is 0.112. The van der Waals surface area contributed by atoms with Crippen molar-refractivity contribution in [2.75, 3.05) is 19.0 Å². The molecule has 2 N–H and O–H groups in total. The fraction of sp³-hybridized carbons (Fsp3) is 0.364. The predicted octanol–water partition coefficient (Wildman–Crippen LogP) is 6.13. The lowest BCUT2D eigenvalue weighted by molar-refractivity contribution is 0.185. The van der Waals surface area contributed by atoms with E-state index in [1.165, 1.54) is 12.1 Å². The van der Waals surface area contributed by atoms with E-state index in [0.717, 1.165) is 24.8 Å². The van der Waals surface area contributed by atoms with Crippen LogP contribution in [0.25, 0.3) is 0 Å². The first kappa shape index (κ1) is 24.9. The van der Waals surface area contributed by atoms with Crippen LogP contribution in [0.5, 0.6) is 0 Å². The van der Waals surface area contributed by atoms with Gasteiger partial charge in [-0.1, -0.05) is 29.3 Å². The lowest BCUT2D eigenvalue weighted by Gasteiger charge is -2.17. The minimum absolute atomic E-state index is 0.00477. The molecular weight excluding hydrogens is 445 g/mol. The maximum absolute atomic E-state index is 14.0. The molecule has 2 aromatic rings. The van der Waals surface area contributed by atoms with Gasteiger partial charge in [-0.05, 0) is 44.9 Å². The molecule has 0 amide bonds. The van der Waals surface area contributed by atoms with Crippen molar-refractivity contribution < 1.29 is 13.5 Å². The quantitative estimate of drug-likeness (QED) is 0.128. The van der Waals surface area contributed by atoms with Crippen LogP contribution in [0.2, 0.25) is 10.0 Å². The molecule has 5 nitrogen and oxygen atoms in total. The first-order valence-corrected chi connectivity index (χ1v) is 10.6. The molecule has 0 aliphatic heterocycles. The summed E-state index contributed by atoms with van der Waals surface area (Å²) >= 11 is 11.8. The van der Waals surface area contributed by atoms with Gasteiger partial charge >= 0.3 is 6.08 Å². The third kappa shape index (κ3) is 6.80. The number of aromatic nitrogens is 2. The van der Waals surface area contributed by atoms with Crippen LogP contribution in [0.15, 0.2) is 37.2 Å². The highest BCUT2D eigenvalue weighted by molar-refractivity contribution is 6.33. The number of benzene rings is 1. The van der Waals surface area contributed by atoms with Gasteiger partial charge in [-0.2, -0.15) is 9.37 Å². The fourth-order valence-corrected chi connectivity index (χ4v) is 3.50. The molecule has 0 spiro atoms. The Morgan fingerprint density at radius 2 is 1.94 bits per heavy atom. The van der Waals surface area contributed by atoms with Crippen molar-refractivity contribution in [2.24, 2.45) is 0 Å². The van der Waals surface area contributed by atoms with Gasteiger partial charge in [0.25, 0.3) is 0 Å². The Kier molecular flexibility index (Phi) is 9.52. The van der Waals surface area contributed by atoms with Crippen molar-refractivity contribution >= 4 is 29.0 Å². The number of nitrogens with zero attached hydrogens (tertiary/aromatic N) is 2. The van der Waals surface area contributed by atoms with Gasteiger partial charge < -0.3 is 15.4 Å². The average molecular weight is 471 g/mol. The Balaban J connectivity index is 1.79. The molecule has 0 aliphatic carbocycles. The number of hydrogen-bond acceptors (Lipinski definition) is 5. The number of allylic oxidation sites excluding steroid dienone is 1. The SMILES string of the molecule is C=CC(CCCCOC(=C)NCc1c(Cl)ccc(Cl)c1F)c1nc(F)nc(NC)c1C. The molecule has 2 rings (SSSR count). The van der Waals surface area contributed by atoms with Crippen LogP contribution in [0.4, 0.5) is 14.6 Å². The Hall–Kier alpha value is -2.38. The molecular formula is C22H26Cl2F2N4O. The van der Waals surface area contributed by atoms with E-state index >= 15 is 0 Å². The first-order chi connectivity index (χ1) is 14.8. The highest BCUT2D eigenvalue weighted by atomic mass is 35.5. The Bertz CT molecular complexity index is 940. The van der Waals surface area contributed by atoms with Gasteiger partial charge in [0.2, 0.25) is 0 Å². The molecule has 1 aromatic heterocycles. The van der Waals surface area contributed by atoms with Crippen molar-refractivity contribution in [1.29, 1.82) is 0 Å². The molecule has 0 radical (unpaired) electrons. The lowest BCUT2D eigenvalue weighted by Crippen LogP contribution is -2.16. The average Bonchev–Trinajstić information content (AvgIpc) is 2.75. The van der Waals surface area contributed by atoms with Gasteiger partial charge in [0.15, 0.2) is 5.88 Å². The number of rotatable bonds is 12. The van der Waals surface area contributed by atoms with Crippen LogP contribution < -0.4 is 10.6 Å². The Morgan fingerprint density at radius 1 is 1.23 bits per heavy atom. The van der Waals surface area contributed by atoms with Crippen LogP contribution in [-0.2, 0) is 11.3 Å². The van der Waals surface area contributed by atoms with Gasteiger partial charge in [0.1, 0.15) is 11.6 Å². The molecule has 0 saturated carbocycles. The summed E-state index contributed by atoms with van der Waals surface area (Å²) < 4.78 is 33.3. The van der Waals surface area contributed by atoms with E-state index < -0.39 is 11.9 Å². The van der Waals surface area contributed by atoms with E-state index in [1.54, 1.807) is 13.1 Å².